The largest absolute Gasteiger partial charge is 0.292 e. The number of hydrogen-bond donors (Lipinski definition) is 0. The zero-order valence-electron chi connectivity index (χ0n) is 14.0. The Morgan fingerprint density at radius 3 is 2.55 bits per heavy atom. The molecule has 0 radical (unpaired) electrons. The number of nitrogens with zero attached hydrogens (tertiary/aromatic N) is 3. The van der Waals surface area contributed by atoms with Crippen molar-refractivity contribution in [3.8, 4) is 0 Å². The van der Waals surface area contributed by atoms with Gasteiger partial charge in [0.15, 0.2) is 0 Å². The van der Waals surface area contributed by atoms with Gasteiger partial charge in [-0.1, -0.05) is 42.7 Å². The lowest BCUT2D eigenvalue weighted by Gasteiger charge is -2.30. The van der Waals surface area contributed by atoms with E-state index < -0.39 is 0 Å². The molecule has 22 heavy (non-hydrogen) atoms. The van der Waals surface area contributed by atoms with Crippen molar-refractivity contribution in [2.24, 2.45) is 7.05 Å². The van der Waals surface area contributed by atoms with Crippen LogP contribution < -0.4 is 0 Å². The van der Waals surface area contributed by atoms with E-state index in [1.165, 1.54) is 48.9 Å². The van der Waals surface area contributed by atoms with Gasteiger partial charge in [0, 0.05) is 31.4 Å². The fraction of sp³-hybridized carbons (Fsp3) is 0.526. The Morgan fingerprint density at radius 2 is 1.86 bits per heavy atom. The molecule has 1 aromatic carbocycles. The van der Waals surface area contributed by atoms with Gasteiger partial charge >= 0.3 is 0 Å². The van der Waals surface area contributed by atoms with Crippen LogP contribution in [0.15, 0.2) is 30.5 Å². The van der Waals surface area contributed by atoms with E-state index in [0.29, 0.717) is 6.04 Å². The van der Waals surface area contributed by atoms with Crippen LogP contribution in [-0.4, -0.2) is 21.2 Å². The van der Waals surface area contributed by atoms with Crippen LogP contribution in [0.3, 0.4) is 0 Å². The molecule has 0 bridgehead atoms. The van der Waals surface area contributed by atoms with Crippen LogP contribution in [0.4, 0.5) is 0 Å². The molecule has 118 valence electrons. The lowest BCUT2D eigenvalue weighted by atomic mass is 9.99. The molecule has 0 spiro atoms. The van der Waals surface area contributed by atoms with E-state index in [1.54, 1.807) is 0 Å². The van der Waals surface area contributed by atoms with E-state index in [-0.39, 0.29) is 0 Å². The van der Waals surface area contributed by atoms with Crippen LogP contribution in [0, 0.1) is 13.8 Å². The van der Waals surface area contributed by atoms with Crippen molar-refractivity contribution in [3.05, 3.63) is 52.8 Å². The molecule has 0 amide bonds. The molecular formula is C19H27N3. The molecule has 0 N–H and O–H groups in total. The highest BCUT2D eigenvalue weighted by atomic mass is 15.3. The van der Waals surface area contributed by atoms with Gasteiger partial charge in [0.2, 0.25) is 0 Å². The monoisotopic (exact) mass is 297 g/mol. The van der Waals surface area contributed by atoms with Crippen molar-refractivity contribution < 1.29 is 0 Å². The Balaban J connectivity index is 1.84. The number of benzene rings is 1. The van der Waals surface area contributed by atoms with Crippen LogP contribution in [0.25, 0.3) is 0 Å². The van der Waals surface area contributed by atoms with Gasteiger partial charge in [-0.3, -0.25) is 9.58 Å². The minimum atomic E-state index is 0.544. The van der Waals surface area contributed by atoms with Crippen molar-refractivity contribution >= 4 is 0 Å². The first-order valence-corrected chi connectivity index (χ1v) is 8.43. The number of likely N-dealkylation sites (tertiary alicyclic amines) is 1. The Bertz CT molecular complexity index is 612. The molecule has 1 atom stereocenters. The summed E-state index contributed by atoms with van der Waals surface area (Å²) in [5, 5.41) is 4.50. The third kappa shape index (κ3) is 3.41. The number of hydrogen-bond acceptors (Lipinski definition) is 2. The first kappa shape index (κ1) is 15.3. The summed E-state index contributed by atoms with van der Waals surface area (Å²) >= 11 is 0. The highest BCUT2D eigenvalue weighted by Crippen LogP contribution is 2.31. The molecule has 3 heteroatoms. The van der Waals surface area contributed by atoms with Crippen LogP contribution in [-0.2, 0) is 13.6 Å². The topological polar surface area (TPSA) is 21.1 Å². The average molecular weight is 297 g/mol. The maximum atomic E-state index is 4.50. The van der Waals surface area contributed by atoms with Crippen molar-refractivity contribution in [2.45, 2.75) is 52.1 Å². The fourth-order valence-electron chi connectivity index (χ4n) is 3.55. The third-order valence-corrected chi connectivity index (χ3v) is 4.81. The maximum absolute atomic E-state index is 4.50. The zero-order valence-corrected chi connectivity index (χ0v) is 14.0. The van der Waals surface area contributed by atoms with E-state index in [0.717, 1.165) is 12.2 Å². The Kier molecular flexibility index (Phi) is 4.63. The minimum Gasteiger partial charge on any atom is -0.292 e. The predicted octanol–water partition coefficient (Wildman–Crippen LogP) is 4.15. The molecule has 0 saturated carbocycles. The molecule has 1 fully saturated rings. The Hall–Kier alpha value is -1.61. The lowest BCUT2D eigenvalue weighted by Crippen LogP contribution is -2.28. The molecular weight excluding hydrogens is 270 g/mol. The molecule has 3 nitrogen and oxygen atoms in total. The van der Waals surface area contributed by atoms with E-state index >= 15 is 0 Å². The second-order valence-electron chi connectivity index (χ2n) is 6.66. The Labute approximate surface area is 133 Å². The number of aryl methyl sites for hydroxylation is 3. The van der Waals surface area contributed by atoms with E-state index in [1.807, 2.05) is 11.7 Å². The summed E-state index contributed by atoms with van der Waals surface area (Å²) < 4.78 is 1.93. The molecule has 0 unspecified atom stereocenters. The van der Waals surface area contributed by atoms with Crippen LogP contribution >= 0.6 is 0 Å². The maximum Gasteiger partial charge on any atom is 0.0638 e. The van der Waals surface area contributed by atoms with E-state index in [9.17, 15) is 0 Å². The summed E-state index contributed by atoms with van der Waals surface area (Å²) in [7, 11) is 2.01. The number of rotatable bonds is 3. The summed E-state index contributed by atoms with van der Waals surface area (Å²) in [4.78, 5) is 2.65. The molecule has 0 aliphatic carbocycles. The van der Waals surface area contributed by atoms with Crippen LogP contribution in [0.1, 0.15) is 54.1 Å². The second-order valence-corrected chi connectivity index (χ2v) is 6.66. The summed E-state index contributed by atoms with van der Waals surface area (Å²) in [5.41, 5.74) is 5.33. The highest BCUT2D eigenvalue weighted by Gasteiger charge is 2.23. The van der Waals surface area contributed by atoms with Gasteiger partial charge in [-0.2, -0.15) is 5.10 Å². The molecule has 2 heterocycles. The van der Waals surface area contributed by atoms with Crippen molar-refractivity contribution in [3.63, 3.8) is 0 Å². The van der Waals surface area contributed by atoms with Gasteiger partial charge in [0.1, 0.15) is 0 Å². The van der Waals surface area contributed by atoms with Gasteiger partial charge in [0.25, 0.3) is 0 Å². The third-order valence-electron chi connectivity index (χ3n) is 4.81. The molecule has 1 aromatic heterocycles. The molecule has 1 aliphatic rings. The molecule has 2 aromatic rings. The van der Waals surface area contributed by atoms with Crippen molar-refractivity contribution in [2.75, 3.05) is 6.54 Å². The normalized spacial score (nSPS) is 20.0. The first-order chi connectivity index (χ1) is 10.6. The van der Waals surface area contributed by atoms with Crippen LogP contribution in [0.2, 0.25) is 0 Å². The molecule has 1 aliphatic heterocycles. The summed E-state index contributed by atoms with van der Waals surface area (Å²) in [6, 6.07) is 9.66. The minimum absolute atomic E-state index is 0.544. The van der Waals surface area contributed by atoms with Gasteiger partial charge in [0.05, 0.1) is 5.69 Å². The van der Waals surface area contributed by atoms with Crippen molar-refractivity contribution in [1.82, 2.24) is 14.7 Å². The lowest BCUT2D eigenvalue weighted by molar-refractivity contribution is 0.192. The van der Waals surface area contributed by atoms with Crippen LogP contribution in [0.5, 0.6) is 0 Å². The highest BCUT2D eigenvalue weighted by molar-refractivity contribution is 5.25. The second kappa shape index (κ2) is 6.66. The Morgan fingerprint density at radius 1 is 1.09 bits per heavy atom. The summed E-state index contributed by atoms with van der Waals surface area (Å²) in [6.07, 6.45) is 7.43. The quantitative estimate of drug-likeness (QED) is 0.848. The summed E-state index contributed by atoms with van der Waals surface area (Å²) in [5.74, 6) is 0. The first-order valence-electron chi connectivity index (χ1n) is 8.43. The van der Waals surface area contributed by atoms with Gasteiger partial charge in [-0.05, 0) is 38.8 Å². The summed E-state index contributed by atoms with van der Waals surface area (Å²) in [6.45, 7) is 6.48. The predicted molar refractivity (Wildman–Crippen MR) is 90.7 cm³/mol. The number of aromatic nitrogens is 2. The standard InChI is InChI=1S/C19H27N3/c1-15-8-10-17(11-9-15)19-7-5-4-6-12-22(19)14-18-13-21(3)20-16(18)2/h8-11,13,19H,4-7,12,14H2,1-3H3/t19-/m0/s1. The SMILES string of the molecule is Cc1ccc([C@@H]2CCCCCN2Cc2cn(C)nc2C)cc1. The van der Waals surface area contributed by atoms with Gasteiger partial charge < -0.3 is 0 Å². The van der Waals surface area contributed by atoms with E-state index in [4.69, 9.17) is 0 Å². The zero-order chi connectivity index (χ0) is 15.5. The molecule has 3 rings (SSSR count). The smallest absolute Gasteiger partial charge is 0.0638 e. The molecule has 1 saturated heterocycles. The van der Waals surface area contributed by atoms with E-state index in [2.05, 4.69) is 54.3 Å². The fourth-order valence-corrected chi connectivity index (χ4v) is 3.55. The van der Waals surface area contributed by atoms with Crippen molar-refractivity contribution in [1.29, 1.82) is 0 Å². The van der Waals surface area contributed by atoms with Gasteiger partial charge in [-0.15, -0.1) is 0 Å². The average Bonchev–Trinajstić information content (AvgIpc) is 2.69. The van der Waals surface area contributed by atoms with Gasteiger partial charge in [-0.25, -0.2) is 0 Å².